The minimum Gasteiger partial charge on any atom is -0.383 e. The van der Waals surface area contributed by atoms with Crippen LogP contribution in [0.4, 0.5) is 11.5 Å². The van der Waals surface area contributed by atoms with Crippen LogP contribution in [0.1, 0.15) is 38.4 Å². The third-order valence-electron chi connectivity index (χ3n) is 5.80. The topological polar surface area (TPSA) is 106 Å². The minimum absolute atomic E-state index is 0. The minimum atomic E-state index is -0.664. The smallest absolute Gasteiger partial charge is 0.313 e. The second kappa shape index (κ2) is 7.78. The maximum atomic E-state index is 13.1. The van der Waals surface area contributed by atoms with E-state index in [1.807, 2.05) is 30.1 Å². The summed E-state index contributed by atoms with van der Waals surface area (Å²) < 4.78 is 1.82. The molecule has 2 atom stereocenters. The van der Waals surface area contributed by atoms with Crippen LogP contribution in [-0.2, 0) is 16.6 Å². The van der Waals surface area contributed by atoms with Crippen molar-refractivity contribution in [2.45, 2.75) is 32.7 Å². The molecule has 30 heavy (non-hydrogen) atoms. The Balaban J connectivity index is 0.00000272. The van der Waals surface area contributed by atoms with E-state index in [4.69, 9.17) is 5.73 Å². The molecule has 0 unspecified atom stereocenters. The summed E-state index contributed by atoms with van der Waals surface area (Å²) in [6.45, 7) is 4.45. The zero-order valence-electron chi connectivity index (χ0n) is 17.4. The molecule has 0 spiro atoms. The number of aryl methyl sites for hydroxylation is 2. The Morgan fingerprint density at radius 3 is 2.80 bits per heavy atom. The van der Waals surface area contributed by atoms with Gasteiger partial charge in [-0.3, -0.25) is 14.3 Å². The number of hydrogen-bond donors (Lipinski definition) is 2. The molecular formula is C22H28N6O2. The molecule has 1 fully saturated rings. The molecular weight excluding hydrogens is 380 g/mol. The molecule has 8 heteroatoms. The van der Waals surface area contributed by atoms with E-state index in [-0.39, 0.29) is 7.47 Å². The number of nitrogen functional groups attached to an aromatic ring is 1. The highest BCUT2D eigenvalue weighted by atomic mass is 16.2. The van der Waals surface area contributed by atoms with Gasteiger partial charge in [-0.25, -0.2) is 4.98 Å². The molecule has 158 valence electrons. The summed E-state index contributed by atoms with van der Waals surface area (Å²) in [4.78, 5) is 31.6. The number of rotatable bonds is 2. The number of fused-ring (bicyclic) bond motifs is 1. The molecule has 3 N–H and O–H groups in total. The van der Waals surface area contributed by atoms with Crippen LogP contribution in [0.25, 0.3) is 10.9 Å². The van der Waals surface area contributed by atoms with Gasteiger partial charge in [0.25, 0.3) is 0 Å². The van der Waals surface area contributed by atoms with Crippen molar-refractivity contribution >= 4 is 34.2 Å². The number of carbonyl (C=O) groups excluding carboxylic acids is 2. The summed E-state index contributed by atoms with van der Waals surface area (Å²) in [5.74, 6) is -0.467. The van der Waals surface area contributed by atoms with E-state index in [0.717, 1.165) is 34.9 Å². The normalized spacial score (nSPS) is 19.1. The van der Waals surface area contributed by atoms with E-state index in [1.165, 1.54) is 6.20 Å². The van der Waals surface area contributed by atoms with Crippen LogP contribution in [0, 0.1) is 12.8 Å². The molecule has 8 nitrogen and oxygen atoms in total. The third kappa shape index (κ3) is 3.72. The maximum Gasteiger partial charge on any atom is 0.313 e. The van der Waals surface area contributed by atoms with Gasteiger partial charge in [-0.1, -0.05) is 13.0 Å². The summed E-state index contributed by atoms with van der Waals surface area (Å²) in [5.41, 5.74) is 8.99. The molecule has 2 aromatic heterocycles. The number of piperidine rings is 1. The van der Waals surface area contributed by atoms with Crippen molar-refractivity contribution in [1.82, 2.24) is 19.7 Å². The Morgan fingerprint density at radius 1 is 1.23 bits per heavy atom. The summed E-state index contributed by atoms with van der Waals surface area (Å²) in [5, 5.41) is 7.98. The Labute approximate surface area is 176 Å². The molecule has 0 radical (unpaired) electrons. The molecule has 0 bridgehead atoms. The number of likely N-dealkylation sites (tertiary alicyclic amines) is 1. The van der Waals surface area contributed by atoms with E-state index in [2.05, 4.69) is 28.4 Å². The van der Waals surface area contributed by atoms with Crippen LogP contribution in [0.15, 0.2) is 36.7 Å². The number of nitrogens with one attached hydrogen (secondary N) is 1. The lowest BCUT2D eigenvalue weighted by molar-refractivity contribution is -0.146. The molecule has 1 aliphatic heterocycles. The molecule has 1 saturated heterocycles. The fourth-order valence-electron chi connectivity index (χ4n) is 4.08. The monoisotopic (exact) mass is 408 g/mol. The highest BCUT2D eigenvalue weighted by Gasteiger charge is 2.34. The SMILES string of the molecule is Cc1cc(NC(=O)C(=O)N2C[C@H](C)CC[C@H]2c2ccc3c(cnn3C)c2)cnc1N.[HH]. The highest BCUT2D eigenvalue weighted by molar-refractivity contribution is 6.39. The fraction of sp³-hybridized carbons (Fsp3) is 0.364. The van der Waals surface area contributed by atoms with Crippen molar-refractivity contribution in [1.29, 1.82) is 0 Å². The van der Waals surface area contributed by atoms with Crippen LogP contribution >= 0.6 is 0 Å². The predicted molar refractivity (Wildman–Crippen MR) is 118 cm³/mol. The number of nitrogens with zero attached hydrogens (tertiary/aromatic N) is 4. The lowest BCUT2D eigenvalue weighted by Gasteiger charge is -2.38. The van der Waals surface area contributed by atoms with Gasteiger partial charge >= 0.3 is 11.8 Å². The molecule has 3 aromatic rings. The number of carbonyl (C=O) groups is 2. The lowest BCUT2D eigenvalue weighted by atomic mass is 9.89. The second-order valence-corrected chi connectivity index (χ2v) is 8.12. The van der Waals surface area contributed by atoms with E-state index in [1.54, 1.807) is 17.9 Å². The summed E-state index contributed by atoms with van der Waals surface area (Å²) in [7, 11) is 1.90. The fourth-order valence-corrected chi connectivity index (χ4v) is 4.08. The molecule has 3 heterocycles. The second-order valence-electron chi connectivity index (χ2n) is 8.12. The van der Waals surface area contributed by atoms with Crippen molar-refractivity contribution in [2.24, 2.45) is 13.0 Å². The van der Waals surface area contributed by atoms with Crippen molar-refractivity contribution < 1.29 is 11.0 Å². The number of benzene rings is 1. The van der Waals surface area contributed by atoms with Gasteiger partial charge in [-0.05, 0) is 55.0 Å². The number of amides is 2. The molecule has 0 saturated carbocycles. The van der Waals surface area contributed by atoms with Gasteiger partial charge in [0.05, 0.1) is 29.6 Å². The van der Waals surface area contributed by atoms with Crippen molar-refractivity contribution in [3.05, 3.63) is 47.8 Å². The van der Waals surface area contributed by atoms with Crippen LogP contribution in [0.2, 0.25) is 0 Å². The predicted octanol–water partition coefficient (Wildman–Crippen LogP) is 3.04. The van der Waals surface area contributed by atoms with Crippen molar-refractivity contribution in [3.63, 3.8) is 0 Å². The summed E-state index contributed by atoms with van der Waals surface area (Å²) in [6, 6.07) is 7.67. The quantitative estimate of drug-likeness (QED) is 0.634. The third-order valence-corrected chi connectivity index (χ3v) is 5.80. The molecule has 1 aliphatic rings. The van der Waals surface area contributed by atoms with Crippen LogP contribution in [0.3, 0.4) is 0 Å². The van der Waals surface area contributed by atoms with E-state index < -0.39 is 11.8 Å². The Kier molecular flexibility index (Phi) is 5.15. The number of hydrogen-bond acceptors (Lipinski definition) is 5. The molecule has 2 amide bonds. The Hall–Kier alpha value is -3.42. The summed E-state index contributed by atoms with van der Waals surface area (Å²) in [6.07, 6.45) is 5.09. The van der Waals surface area contributed by atoms with Crippen LogP contribution in [-0.4, -0.2) is 38.0 Å². The molecule has 4 rings (SSSR count). The van der Waals surface area contributed by atoms with E-state index >= 15 is 0 Å². The molecule has 0 aliphatic carbocycles. The Morgan fingerprint density at radius 2 is 2.03 bits per heavy atom. The zero-order valence-corrected chi connectivity index (χ0v) is 17.4. The van der Waals surface area contributed by atoms with Gasteiger partial charge in [0, 0.05) is 20.4 Å². The average Bonchev–Trinajstić information content (AvgIpc) is 3.10. The molecule has 1 aromatic carbocycles. The number of nitrogens with two attached hydrogens (primary N) is 1. The first-order valence-electron chi connectivity index (χ1n) is 10.1. The maximum absolute atomic E-state index is 13.1. The largest absolute Gasteiger partial charge is 0.383 e. The van der Waals surface area contributed by atoms with Gasteiger partial charge in [0.1, 0.15) is 5.82 Å². The standard InChI is InChI=1S/C22H26N6O2.H2/c1-13-4-6-19(15-5-7-18-16(9-15)10-25-27(18)3)28(12-13)22(30)21(29)26-17-8-14(2)20(23)24-11-17;/h5,7-11,13,19H,4,6,12H2,1-3H3,(H2,23,24)(H,26,29);1H/t13-,19+;/m1./s1. The number of pyridine rings is 1. The number of anilines is 2. The first-order valence-corrected chi connectivity index (χ1v) is 10.1. The van der Waals surface area contributed by atoms with Crippen molar-refractivity contribution in [2.75, 3.05) is 17.6 Å². The average molecular weight is 409 g/mol. The zero-order chi connectivity index (χ0) is 21.4. The number of aromatic nitrogens is 3. The highest BCUT2D eigenvalue weighted by Crippen LogP contribution is 2.34. The van der Waals surface area contributed by atoms with Crippen LogP contribution in [0.5, 0.6) is 0 Å². The summed E-state index contributed by atoms with van der Waals surface area (Å²) >= 11 is 0. The van der Waals surface area contributed by atoms with Gasteiger partial charge in [0.2, 0.25) is 0 Å². The first-order chi connectivity index (χ1) is 14.3. The first kappa shape index (κ1) is 19.9. The van der Waals surface area contributed by atoms with E-state index in [0.29, 0.717) is 24.0 Å². The van der Waals surface area contributed by atoms with Crippen LogP contribution < -0.4 is 11.1 Å². The van der Waals surface area contributed by atoms with Gasteiger partial charge in [-0.2, -0.15) is 5.10 Å². The van der Waals surface area contributed by atoms with Gasteiger partial charge in [-0.15, -0.1) is 0 Å². The van der Waals surface area contributed by atoms with E-state index in [9.17, 15) is 9.59 Å². The van der Waals surface area contributed by atoms with Gasteiger partial charge < -0.3 is 16.0 Å². The van der Waals surface area contributed by atoms with Crippen molar-refractivity contribution in [3.8, 4) is 0 Å². The lowest BCUT2D eigenvalue weighted by Crippen LogP contribution is -2.46. The Bertz CT molecular complexity index is 1130. The van der Waals surface area contributed by atoms with Gasteiger partial charge in [0.15, 0.2) is 0 Å².